The van der Waals surface area contributed by atoms with E-state index in [1.54, 1.807) is 0 Å². The van der Waals surface area contributed by atoms with Gasteiger partial charge in [0.25, 0.3) is 0 Å². The van der Waals surface area contributed by atoms with Gasteiger partial charge in [-0.25, -0.2) is 0 Å². The molecule has 5 heteroatoms. The molecule has 2 N–H and O–H groups in total. The number of carboxylic acid groups (broad SMARTS) is 1. The van der Waals surface area contributed by atoms with E-state index in [-0.39, 0.29) is 0 Å². The summed E-state index contributed by atoms with van der Waals surface area (Å²) in [6.07, 6.45) is 5.03. The second kappa shape index (κ2) is 5.52. The number of aliphatic carboxylic acids is 1. The first kappa shape index (κ1) is 13.1. The van der Waals surface area contributed by atoms with Crippen LogP contribution in [0.25, 0.3) is 0 Å². The highest BCUT2D eigenvalue weighted by molar-refractivity contribution is 5.74. The van der Waals surface area contributed by atoms with Crippen LogP contribution in [-0.4, -0.2) is 26.9 Å². The van der Waals surface area contributed by atoms with Crippen molar-refractivity contribution in [3.05, 3.63) is 18.0 Å². The molecular weight excluding hydrogens is 230 g/mol. The van der Waals surface area contributed by atoms with Gasteiger partial charge in [-0.3, -0.25) is 14.8 Å². The number of rotatable bonds is 7. The van der Waals surface area contributed by atoms with Crippen molar-refractivity contribution in [2.75, 3.05) is 0 Å². The molecule has 1 aliphatic rings. The molecule has 18 heavy (non-hydrogen) atoms. The second-order valence-corrected chi connectivity index (χ2v) is 5.08. The summed E-state index contributed by atoms with van der Waals surface area (Å²) in [7, 11) is 0. The van der Waals surface area contributed by atoms with E-state index in [0.29, 0.717) is 18.5 Å². The third-order valence-electron chi connectivity index (χ3n) is 3.57. The Balaban J connectivity index is 1.89. The van der Waals surface area contributed by atoms with Crippen molar-refractivity contribution < 1.29 is 9.90 Å². The standard InChI is InChI=1S/C13H21N3O2/c1-3-9(2)16-7-6-11(15-16)8-14-12(13(17)18)10-4-5-10/h6-7,9-10,12,14H,3-5,8H2,1-2H3,(H,17,18). The van der Waals surface area contributed by atoms with Crippen LogP contribution < -0.4 is 5.32 Å². The number of aromatic nitrogens is 2. The zero-order valence-corrected chi connectivity index (χ0v) is 11.0. The molecule has 0 aliphatic heterocycles. The van der Waals surface area contributed by atoms with Crippen LogP contribution in [0.5, 0.6) is 0 Å². The molecule has 1 aromatic heterocycles. The van der Waals surface area contributed by atoms with E-state index in [9.17, 15) is 4.79 Å². The quantitative estimate of drug-likeness (QED) is 0.775. The topological polar surface area (TPSA) is 67.2 Å². The van der Waals surface area contributed by atoms with Crippen molar-refractivity contribution in [2.24, 2.45) is 5.92 Å². The maximum Gasteiger partial charge on any atom is 0.320 e. The fourth-order valence-corrected chi connectivity index (χ4v) is 2.00. The molecule has 2 unspecified atom stereocenters. The van der Waals surface area contributed by atoms with Gasteiger partial charge in [-0.1, -0.05) is 6.92 Å². The van der Waals surface area contributed by atoms with E-state index in [1.807, 2.05) is 16.9 Å². The lowest BCUT2D eigenvalue weighted by Gasteiger charge is -2.12. The van der Waals surface area contributed by atoms with Crippen molar-refractivity contribution in [3.63, 3.8) is 0 Å². The molecule has 0 spiro atoms. The Morgan fingerprint density at radius 1 is 1.67 bits per heavy atom. The normalized spacial score (nSPS) is 18.6. The molecule has 1 saturated carbocycles. The van der Waals surface area contributed by atoms with Gasteiger partial charge in [0.2, 0.25) is 0 Å². The first-order valence-corrected chi connectivity index (χ1v) is 6.62. The zero-order valence-electron chi connectivity index (χ0n) is 11.0. The summed E-state index contributed by atoms with van der Waals surface area (Å²) in [5.74, 6) is -0.446. The van der Waals surface area contributed by atoms with Crippen molar-refractivity contribution >= 4 is 5.97 Å². The number of nitrogens with zero attached hydrogens (tertiary/aromatic N) is 2. The third-order valence-corrected chi connectivity index (χ3v) is 3.57. The van der Waals surface area contributed by atoms with Crippen LogP contribution in [0, 0.1) is 5.92 Å². The molecule has 2 rings (SSSR count). The van der Waals surface area contributed by atoms with Crippen LogP contribution in [0.3, 0.4) is 0 Å². The van der Waals surface area contributed by atoms with Crippen LogP contribution in [-0.2, 0) is 11.3 Å². The van der Waals surface area contributed by atoms with Crippen LogP contribution in [0.2, 0.25) is 0 Å². The average Bonchev–Trinajstić information content (AvgIpc) is 3.06. The molecule has 2 atom stereocenters. The molecule has 0 radical (unpaired) electrons. The molecule has 1 aliphatic carbocycles. The Bertz CT molecular complexity index is 412. The van der Waals surface area contributed by atoms with Crippen LogP contribution in [0.1, 0.15) is 44.8 Å². The predicted octanol–water partition coefficient (Wildman–Crippen LogP) is 1.81. The van der Waals surface area contributed by atoms with Gasteiger partial charge >= 0.3 is 5.97 Å². The average molecular weight is 251 g/mol. The van der Waals surface area contributed by atoms with Gasteiger partial charge < -0.3 is 5.11 Å². The highest BCUT2D eigenvalue weighted by Crippen LogP contribution is 2.32. The Morgan fingerprint density at radius 3 is 2.94 bits per heavy atom. The molecule has 1 aromatic rings. The van der Waals surface area contributed by atoms with Crippen molar-refractivity contribution in [1.82, 2.24) is 15.1 Å². The molecule has 0 aromatic carbocycles. The van der Waals surface area contributed by atoms with Gasteiger partial charge in [0, 0.05) is 18.8 Å². The van der Waals surface area contributed by atoms with E-state index in [0.717, 1.165) is 25.0 Å². The smallest absolute Gasteiger partial charge is 0.320 e. The second-order valence-electron chi connectivity index (χ2n) is 5.08. The Kier molecular flexibility index (Phi) is 4.01. The number of carbonyl (C=O) groups is 1. The highest BCUT2D eigenvalue weighted by Gasteiger charge is 2.35. The highest BCUT2D eigenvalue weighted by atomic mass is 16.4. The van der Waals surface area contributed by atoms with Crippen molar-refractivity contribution in [2.45, 2.75) is 51.7 Å². The lowest BCUT2D eigenvalue weighted by molar-refractivity contribution is -0.140. The molecule has 5 nitrogen and oxygen atoms in total. The first-order valence-electron chi connectivity index (χ1n) is 6.62. The Labute approximate surface area is 107 Å². The molecule has 1 fully saturated rings. The summed E-state index contributed by atoms with van der Waals surface area (Å²) in [4.78, 5) is 11.1. The summed E-state index contributed by atoms with van der Waals surface area (Å²) < 4.78 is 1.93. The number of carboxylic acids is 1. The van der Waals surface area contributed by atoms with Gasteiger partial charge in [0.1, 0.15) is 6.04 Å². The maximum absolute atomic E-state index is 11.1. The van der Waals surface area contributed by atoms with Gasteiger partial charge in [-0.05, 0) is 38.2 Å². The van der Waals surface area contributed by atoms with E-state index in [4.69, 9.17) is 5.11 Å². The third kappa shape index (κ3) is 3.10. The van der Waals surface area contributed by atoms with Crippen LogP contribution >= 0.6 is 0 Å². The fraction of sp³-hybridized carbons (Fsp3) is 0.692. The van der Waals surface area contributed by atoms with E-state index in [1.165, 1.54) is 0 Å². The lowest BCUT2D eigenvalue weighted by atomic mass is 10.2. The number of hydrogen-bond acceptors (Lipinski definition) is 3. The van der Waals surface area contributed by atoms with Crippen molar-refractivity contribution in [3.8, 4) is 0 Å². The first-order chi connectivity index (χ1) is 8.61. The summed E-state index contributed by atoms with van der Waals surface area (Å²) in [5.41, 5.74) is 0.905. The summed E-state index contributed by atoms with van der Waals surface area (Å²) in [6.45, 7) is 4.77. The largest absolute Gasteiger partial charge is 0.480 e. The SMILES string of the molecule is CCC(C)n1ccc(CNC(C(=O)O)C2CC2)n1. The van der Waals surface area contributed by atoms with E-state index in [2.05, 4.69) is 24.3 Å². The molecule has 100 valence electrons. The summed E-state index contributed by atoms with van der Waals surface area (Å²) in [6, 6.07) is 1.92. The Hall–Kier alpha value is -1.36. The molecule has 1 heterocycles. The summed E-state index contributed by atoms with van der Waals surface area (Å²) in [5, 5.41) is 16.7. The van der Waals surface area contributed by atoms with E-state index >= 15 is 0 Å². The minimum absolute atomic E-state index is 0.305. The number of nitrogens with one attached hydrogen (secondary N) is 1. The van der Waals surface area contributed by atoms with Crippen molar-refractivity contribution in [1.29, 1.82) is 0 Å². The van der Waals surface area contributed by atoms with E-state index < -0.39 is 12.0 Å². The van der Waals surface area contributed by atoms with Gasteiger partial charge in [-0.2, -0.15) is 5.10 Å². The monoisotopic (exact) mass is 251 g/mol. The van der Waals surface area contributed by atoms with Crippen LogP contribution in [0.15, 0.2) is 12.3 Å². The molecule has 0 bridgehead atoms. The molecule has 0 saturated heterocycles. The number of hydrogen-bond donors (Lipinski definition) is 2. The van der Waals surface area contributed by atoms with Crippen LogP contribution in [0.4, 0.5) is 0 Å². The Morgan fingerprint density at radius 2 is 2.39 bits per heavy atom. The zero-order chi connectivity index (χ0) is 13.1. The molecule has 0 amide bonds. The minimum Gasteiger partial charge on any atom is -0.480 e. The van der Waals surface area contributed by atoms with Gasteiger partial charge in [-0.15, -0.1) is 0 Å². The minimum atomic E-state index is -0.751. The fourth-order valence-electron chi connectivity index (χ4n) is 2.00. The summed E-state index contributed by atoms with van der Waals surface area (Å²) >= 11 is 0. The lowest BCUT2D eigenvalue weighted by Crippen LogP contribution is -2.38. The molecular formula is C13H21N3O2. The maximum atomic E-state index is 11.1. The van der Waals surface area contributed by atoms with Gasteiger partial charge in [0.05, 0.1) is 5.69 Å². The van der Waals surface area contributed by atoms with Gasteiger partial charge in [0.15, 0.2) is 0 Å². The predicted molar refractivity (Wildman–Crippen MR) is 68.2 cm³/mol.